The van der Waals surface area contributed by atoms with Crippen molar-refractivity contribution in [3.63, 3.8) is 0 Å². The van der Waals surface area contributed by atoms with Gasteiger partial charge in [0.15, 0.2) is 0 Å². The Morgan fingerprint density at radius 1 is 1.07 bits per heavy atom. The summed E-state index contributed by atoms with van der Waals surface area (Å²) in [4.78, 5) is 12.8. The first-order valence-corrected chi connectivity index (χ1v) is 10.1. The third kappa shape index (κ3) is 4.87. The standard InChI is InChI=1S/C20H26N2O4S/c1-14(2)19(15-9-11-17(26-5)12-10-15)21-20(23)16-7-6-8-18(13-16)27(24,25)22(3)4/h6-14,19H,1-5H3,(H,21,23)/t19-/m1/s1. The Morgan fingerprint density at radius 2 is 1.70 bits per heavy atom. The number of sulfonamides is 1. The third-order valence-corrected chi connectivity index (χ3v) is 6.11. The van der Waals surface area contributed by atoms with Crippen LogP contribution in [0.2, 0.25) is 0 Å². The lowest BCUT2D eigenvalue weighted by atomic mass is 9.95. The molecule has 0 spiro atoms. The van der Waals surface area contributed by atoms with E-state index < -0.39 is 10.0 Å². The summed E-state index contributed by atoms with van der Waals surface area (Å²) in [7, 11) is 0.922. The van der Waals surface area contributed by atoms with E-state index in [1.807, 2.05) is 38.1 Å². The summed E-state index contributed by atoms with van der Waals surface area (Å²) in [6.07, 6.45) is 0. The van der Waals surface area contributed by atoms with E-state index in [9.17, 15) is 13.2 Å². The number of nitrogens with one attached hydrogen (secondary N) is 1. The fourth-order valence-electron chi connectivity index (χ4n) is 2.68. The van der Waals surface area contributed by atoms with Gasteiger partial charge in [-0.2, -0.15) is 0 Å². The lowest BCUT2D eigenvalue weighted by molar-refractivity contribution is 0.0925. The summed E-state index contributed by atoms with van der Waals surface area (Å²) in [6.45, 7) is 4.03. The highest BCUT2D eigenvalue weighted by molar-refractivity contribution is 7.89. The van der Waals surface area contributed by atoms with E-state index in [-0.39, 0.29) is 22.8 Å². The topological polar surface area (TPSA) is 75.7 Å². The third-order valence-electron chi connectivity index (χ3n) is 4.30. The molecule has 2 aromatic rings. The minimum absolute atomic E-state index is 0.0886. The maximum absolute atomic E-state index is 12.8. The van der Waals surface area contributed by atoms with Crippen LogP contribution in [-0.2, 0) is 10.0 Å². The molecular formula is C20H26N2O4S. The van der Waals surface area contributed by atoms with Crippen LogP contribution in [0.25, 0.3) is 0 Å². The molecule has 27 heavy (non-hydrogen) atoms. The molecule has 0 saturated heterocycles. The summed E-state index contributed by atoms with van der Waals surface area (Å²) in [5, 5.41) is 3.01. The molecule has 146 valence electrons. The van der Waals surface area contributed by atoms with E-state index in [4.69, 9.17) is 4.74 Å². The van der Waals surface area contributed by atoms with Gasteiger partial charge in [-0.3, -0.25) is 4.79 Å². The van der Waals surface area contributed by atoms with Gasteiger partial charge in [0.1, 0.15) is 5.75 Å². The first-order valence-electron chi connectivity index (χ1n) is 8.64. The van der Waals surface area contributed by atoms with E-state index in [2.05, 4.69) is 5.32 Å². The zero-order chi connectivity index (χ0) is 20.2. The highest BCUT2D eigenvalue weighted by atomic mass is 32.2. The van der Waals surface area contributed by atoms with Crippen LogP contribution in [-0.4, -0.2) is 39.8 Å². The Hall–Kier alpha value is -2.38. The van der Waals surface area contributed by atoms with Crippen LogP contribution in [0, 0.1) is 5.92 Å². The number of carbonyl (C=O) groups excluding carboxylic acids is 1. The van der Waals surface area contributed by atoms with Crippen LogP contribution in [0.5, 0.6) is 5.75 Å². The van der Waals surface area contributed by atoms with Gasteiger partial charge in [0.25, 0.3) is 5.91 Å². The summed E-state index contributed by atoms with van der Waals surface area (Å²) >= 11 is 0. The van der Waals surface area contributed by atoms with E-state index in [0.29, 0.717) is 5.56 Å². The predicted octanol–water partition coefficient (Wildman–Crippen LogP) is 3.07. The van der Waals surface area contributed by atoms with Crippen LogP contribution < -0.4 is 10.1 Å². The van der Waals surface area contributed by atoms with Crippen molar-refractivity contribution < 1.29 is 17.9 Å². The van der Waals surface area contributed by atoms with E-state index in [1.165, 1.54) is 26.2 Å². The molecule has 6 nitrogen and oxygen atoms in total. The summed E-state index contributed by atoms with van der Waals surface area (Å²) in [5.74, 6) is 0.575. The Kier molecular flexibility index (Phi) is 6.62. The fourth-order valence-corrected chi connectivity index (χ4v) is 3.63. The molecule has 0 radical (unpaired) electrons. The van der Waals surface area contributed by atoms with Crippen molar-refractivity contribution in [2.45, 2.75) is 24.8 Å². The van der Waals surface area contributed by atoms with E-state index in [0.717, 1.165) is 15.6 Å². The maximum atomic E-state index is 12.8. The van der Waals surface area contributed by atoms with Crippen molar-refractivity contribution in [3.8, 4) is 5.75 Å². The van der Waals surface area contributed by atoms with Gasteiger partial charge in [-0.05, 0) is 41.8 Å². The number of methoxy groups -OCH3 is 1. The molecule has 2 rings (SSSR count). The molecule has 0 aliphatic carbocycles. The molecule has 7 heteroatoms. The summed E-state index contributed by atoms with van der Waals surface area (Å²) < 4.78 is 30.9. The maximum Gasteiger partial charge on any atom is 0.251 e. The average molecular weight is 391 g/mol. The SMILES string of the molecule is COc1ccc([C@H](NC(=O)c2cccc(S(=O)(=O)N(C)C)c2)C(C)C)cc1. The number of nitrogens with zero attached hydrogens (tertiary/aromatic N) is 1. The second kappa shape index (κ2) is 8.54. The van der Waals surface area contributed by atoms with E-state index >= 15 is 0 Å². The lowest BCUT2D eigenvalue weighted by Gasteiger charge is -2.23. The van der Waals surface area contributed by atoms with Gasteiger partial charge in [-0.25, -0.2) is 12.7 Å². The number of carbonyl (C=O) groups is 1. The van der Waals surface area contributed by atoms with Crippen molar-refractivity contribution in [2.24, 2.45) is 5.92 Å². The molecule has 0 aromatic heterocycles. The molecule has 0 saturated carbocycles. The lowest BCUT2D eigenvalue weighted by Crippen LogP contribution is -2.32. The fraction of sp³-hybridized carbons (Fsp3) is 0.350. The second-order valence-electron chi connectivity index (χ2n) is 6.78. The zero-order valence-electron chi connectivity index (χ0n) is 16.3. The Balaban J connectivity index is 2.28. The largest absolute Gasteiger partial charge is 0.497 e. The van der Waals surface area contributed by atoms with Crippen LogP contribution in [0.15, 0.2) is 53.4 Å². The number of rotatable bonds is 7. The Labute approximate surface area is 161 Å². The Morgan fingerprint density at radius 3 is 2.22 bits per heavy atom. The number of ether oxygens (including phenoxy) is 1. The monoisotopic (exact) mass is 390 g/mol. The Bertz CT molecular complexity index is 890. The normalized spacial score (nSPS) is 12.9. The van der Waals surface area contributed by atoms with Crippen LogP contribution in [0.1, 0.15) is 35.8 Å². The minimum Gasteiger partial charge on any atom is -0.497 e. The highest BCUT2D eigenvalue weighted by Crippen LogP contribution is 2.25. The van der Waals surface area contributed by atoms with Gasteiger partial charge in [0, 0.05) is 19.7 Å². The molecule has 1 amide bonds. The highest BCUT2D eigenvalue weighted by Gasteiger charge is 2.22. The van der Waals surface area contributed by atoms with Crippen LogP contribution >= 0.6 is 0 Å². The molecule has 1 atom stereocenters. The van der Waals surface area contributed by atoms with Gasteiger partial charge in [-0.15, -0.1) is 0 Å². The molecule has 0 fully saturated rings. The molecular weight excluding hydrogens is 364 g/mol. The van der Waals surface area contributed by atoms with Crippen molar-refractivity contribution in [1.82, 2.24) is 9.62 Å². The van der Waals surface area contributed by atoms with Crippen LogP contribution in [0.4, 0.5) is 0 Å². The van der Waals surface area contributed by atoms with Crippen molar-refractivity contribution in [3.05, 3.63) is 59.7 Å². The average Bonchev–Trinajstić information content (AvgIpc) is 2.65. The van der Waals surface area contributed by atoms with Crippen LogP contribution in [0.3, 0.4) is 0 Å². The summed E-state index contributed by atoms with van der Waals surface area (Å²) in [5.41, 5.74) is 1.26. The molecule has 0 aliphatic rings. The molecule has 0 bridgehead atoms. The van der Waals surface area contributed by atoms with Crippen molar-refractivity contribution >= 4 is 15.9 Å². The first kappa shape index (κ1) is 20.9. The van der Waals surface area contributed by atoms with Gasteiger partial charge >= 0.3 is 0 Å². The molecule has 2 aromatic carbocycles. The van der Waals surface area contributed by atoms with Gasteiger partial charge in [0.05, 0.1) is 18.0 Å². The summed E-state index contributed by atoms with van der Waals surface area (Å²) in [6, 6.07) is 13.4. The number of benzene rings is 2. The van der Waals surface area contributed by atoms with E-state index in [1.54, 1.807) is 19.2 Å². The molecule has 0 unspecified atom stereocenters. The van der Waals surface area contributed by atoms with Crippen molar-refractivity contribution in [1.29, 1.82) is 0 Å². The second-order valence-corrected chi connectivity index (χ2v) is 8.94. The minimum atomic E-state index is -3.60. The zero-order valence-corrected chi connectivity index (χ0v) is 17.1. The molecule has 1 N–H and O–H groups in total. The number of hydrogen-bond donors (Lipinski definition) is 1. The number of hydrogen-bond acceptors (Lipinski definition) is 4. The smallest absolute Gasteiger partial charge is 0.251 e. The first-order chi connectivity index (χ1) is 12.7. The van der Waals surface area contributed by atoms with Gasteiger partial charge in [0.2, 0.25) is 10.0 Å². The van der Waals surface area contributed by atoms with Gasteiger partial charge < -0.3 is 10.1 Å². The predicted molar refractivity (Wildman–Crippen MR) is 105 cm³/mol. The van der Waals surface area contributed by atoms with Crippen molar-refractivity contribution in [2.75, 3.05) is 21.2 Å². The molecule has 0 aliphatic heterocycles. The quantitative estimate of drug-likeness (QED) is 0.788. The van der Waals surface area contributed by atoms with Gasteiger partial charge in [-0.1, -0.05) is 32.0 Å². The number of amides is 1. The molecule has 0 heterocycles.